The van der Waals surface area contributed by atoms with Gasteiger partial charge in [0.25, 0.3) is 0 Å². The Morgan fingerprint density at radius 3 is 1.97 bits per heavy atom. The van der Waals surface area contributed by atoms with E-state index in [0.29, 0.717) is 36.7 Å². The number of nitrogens with two attached hydrogens (primary N) is 1. The molecular formula is C28H43NO9. The Morgan fingerprint density at radius 2 is 1.42 bits per heavy atom. The third-order valence-corrected chi connectivity index (χ3v) is 5.25. The standard InChI is InChI=1S/C28H43NO9/c1-7-14-34-28(33)36-20(6)17-35-27(32)22(29)15-21-10-11-23(37-25(30)12-8-18(2)3)24(16-21)38-26(31)13-9-19(4)5/h10-11,16,18-20,22H,7-9,12-15,17,29H2,1-6H3/t20-,22-/m0/s1. The maximum absolute atomic E-state index is 12.4. The van der Waals surface area contributed by atoms with Crippen LogP contribution in [0.3, 0.4) is 0 Å². The number of rotatable bonds is 16. The predicted molar refractivity (Wildman–Crippen MR) is 141 cm³/mol. The molecule has 0 fully saturated rings. The molecule has 1 aromatic carbocycles. The summed E-state index contributed by atoms with van der Waals surface area (Å²) < 4.78 is 26.0. The van der Waals surface area contributed by atoms with Gasteiger partial charge in [0.05, 0.1) is 6.61 Å². The Balaban J connectivity index is 2.83. The fraction of sp³-hybridized carbons (Fsp3) is 0.643. The van der Waals surface area contributed by atoms with Crippen LogP contribution < -0.4 is 15.2 Å². The molecular weight excluding hydrogens is 494 g/mol. The van der Waals surface area contributed by atoms with Crippen molar-refractivity contribution in [1.82, 2.24) is 0 Å². The molecule has 2 N–H and O–H groups in total. The van der Waals surface area contributed by atoms with Crippen LogP contribution >= 0.6 is 0 Å². The second-order valence-electron chi connectivity index (χ2n) is 10.1. The van der Waals surface area contributed by atoms with Gasteiger partial charge in [-0.25, -0.2) is 4.79 Å². The highest BCUT2D eigenvalue weighted by atomic mass is 16.7. The van der Waals surface area contributed by atoms with Crippen LogP contribution in [0.2, 0.25) is 0 Å². The second kappa shape index (κ2) is 17.4. The highest BCUT2D eigenvalue weighted by Gasteiger charge is 2.21. The molecule has 0 spiro atoms. The third kappa shape index (κ3) is 14.0. The number of esters is 3. The van der Waals surface area contributed by atoms with E-state index in [1.54, 1.807) is 13.0 Å². The van der Waals surface area contributed by atoms with Gasteiger partial charge in [-0.15, -0.1) is 0 Å². The average molecular weight is 538 g/mol. The molecule has 38 heavy (non-hydrogen) atoms. The molecule has 0 amide bonds. The summed E-state index contributed by atoms with van der Waals surface area (Å²) in [5.74, 6) is -0.710. The van der Waals surface area contributed by atoms with Crippen molar-refractivity contribution in [3.05, 3.63) is 23.8 Å². The summed E-state index contributed by atoms with van der Waals surface area (Å²) in [6.45, 7) is 11.5. The van der Waals surface area contributed by atoms with Gasteiger partial charge in [0, 0.05) is 12.8 Å². The van der Waals surface area contributed by atoms with Crippen LogP contribution in [0, 0.1) is 11.8 Å². The highest BCUT2D eigenvalue weighted by molar-refractivity contribution is 5.77. The molecule has 0 aliphatic heterocycles. The van der Waals surface area contributed by atoms with Crippen LogP contribution in [-0.2, 0) is 35.0 Å². The quantitative estimate of drug-likeness (QED) is 0.232. The first-order valence-electron chi connectivity index (χ1n) is 13.2. The topological polar surface area (TPSA) is 140 Å². The molecule has 1 rings (SSSR count). The fourth-order valence-electron chi connectivity index (χ4n) is 3.07. The highest BCUT2D eigenvalue weighted by Crippen LogP contribution is 2.30. The average Bonchev–Trinajstić information content (AvgIpc) is 2.84. The van der Waals surface area contributed by atoms with Crippen LogP contribution in [0.15, 0.2) is 18.2 Å². The maximum atomic E-state index is 12.4. The van der Waals surface area contributed by atoms with Gasteiger partial charge in [0.15, 0.2) is 11.5 Å². The number of hydrogen-bond acceptors (Lipinski definition) is 10. The van der Waals surface area contributed by atoms with Gasteiger partial charge >= 0.3 is 24.1 Å². The van der Waals surface area contributed by atoms with E-state index in [2.05, 4.69) is 0 Å². The number of carbonyl (C=O) groups excluding carboxylic acids is 4. The molecule has 10 heteroatoms. The van der Waals surface area contributed by atoms with Crippen molar-refractivity contribution in [2.24, 2.45) is 17.6 Å². The minimum Gasteiger partial charge on any atom is -0.461 e. The summed E-state index contributed by atoms with van der Waals surface area (Å²) in [4.78, 5) is 48.6. The van der Waals surface area contributed by atoms with Gasteiger partial charge in [-0.05, 0) is 62.1 Å². The van der Waals surface area contributed by atoms with Gasteiger partial charge in [0.1, 0.15) is 18.8 Å². The summed E-state index contributed by atoms with van der Waals surface area (Å²) >= 11 is 0. The molecule has 0 saturated heterocycles. The summed E-state index contributed by atoms with van der Waals surface area (Å²) in [6.07, 6.45) is 0.948. The van der Waals surface area contributed by atoms with Crippen molar-refractivity contribution in [2.75, 3.05) is 13.2 Å². The lowest BCUT2D eigenvalue weighted by Gasteiger charge is -2.17. The largest absolute Gasteiger partial charge is 0.508 e. The van der Waals surface area contributed by atoms with Crippen molar-refractivity contribution in [2.45, 2.75) is 92.2 Å². The van der Waals surface area contributed by atoms with Gasteiger partial charge in [0.2, 0.25) is 0 Å². The van der Waals surface area contributed by atoms with Crippen molar-refractivity contribution >= 4 is 24.1 Å². The summed E-state index contributed by atoms with van der Waals surface area (Å²) in [5.41, 5.74) is 6.60. The first-order valence-corrected chi connectivity index (χ1v) is 13.2. The summed E-state index contributed by atoms with van der Waals surface area (Å²) in [6, 6.07) is 3.65. The van der Waals surface area contributed by atoms with Crippen LogP contribution in [-0.4, -0.2) is 49.4 Å². The smallest absolute Gasteiger partial charge is 0.461 e. The van der Waals surface area contributed by atoms with E-state index in [9.17, 15) is 19.2 Å². The van der Waals surface area contributed by atoms with Gasteiger partial charge in [-0.3, -0.25) is 14.4 Å². The van der Waals surface area contributed by atoms with Crippen molar-refractivity contribution in [3.63, 3.8) is 0 Å². The van der Waals surface area contributed by atoms with Crippen LogP contribution in [0.5, 0.6) is 11.5 Å². The molecule has 0 unspecified atom stereocenters. The van der Waals surface area contributed by atoms with E-state index in [0.717, 1.165) is 0 Å². The Labute approximate surface area is 225 Å². The molecule has 0 heterocycles. The third-order valence-electron chi connectivity index (χ3n) is 5.25. The molecule has 0 aliphatic carbocycles. The maximum Gasteiger partial charge on any atom is 0.508 e. The first kappa shape index (κ1) is 32.9. The predicted octanol–water partition coefficient (Wildman–Crippen LogP) is 4.73. The van der Waals surface area contributed by atoms with Crippen LogP contribution in [0.1, 0.15) is 79.2 Å². The van der Waals surface area contributed by atoms with Gasteiger partial charge in [-0.1, -0.05) is 40.7 Å². The number of hydrogen-bond donors (Lipinski definition) is 1. The molecule has 214 valence electrons. The molecule has 0 bridgehead atoms. The van der Waals surface area contributed by atoms with E-state index in [1.807, 2.05) is 34.6 Å². The van der Waals surface area contributed by atoms with E-state index in [1.165, 1.54) is 12.1 Å². The van der Waals surface area contributed by atoms with Crippen molar-refractivity contribution in [1.29, 1.82) is 0 Å². The Bertz CT molecular complexity index is 914. The molecule has 0 aliphatic rings. The number of ether oxygens (including phenoxy) is 5. The number of carbonyl (C=O) groups is 4. The molecule has 1 aromatic rings. The number of benzene rings is 1. The zero-order valence-electron chi connectivity index (χ0n) is 23.4. The lowest BCUT2D eigenvalue weighted by Crippen LogP contribution is -2.36. The minimum atomic E-state index is -1.03. The Hall–Kier alpha value is -3.14. The lowest BCUT2D eigenvalue weighted by atomic mass is 10.1. The Morgan fingerprint density at radius 1 is 0.842 bits per heavy atom. The normalized spacial score (nSPS) is 12.6. The molecule has 0 saturated carbocycles. The van der Waals surface area contributed by atoms with Gasteiger partial charge in [-0.2, -0.15) is 0 Å². The van der Waals surface area contributed by atoms with Crippen LogP contribution in [0.25, 0.3) is 0 Å². The first-order chi connectivity index (χ1) is 17.9. The zero-order valence-corrected chi connectivity index (χ0v) is 23.4. The SMILES string of the molecule is CCCOC(=O)O[C@@H](C)COC(=O)[C@@H](N)Cc1ccc(OC(=O)CCC(C)C)c(OC(=O)CCC(C)C)c1. The van der Waals surface area contributed by atoms with E-state index < -0.39 is 36.2 Å². The fourth-order valence-corrected chi connectivity index (χ4v) is 3.07. The lowest BCUT2D eigenvalue weighted by molar-refractivity contribution is -0.148. The second-order valence-corrected chi connectivity index (χ2v) is 10.1. The van der Waals surface area contributed by atoms with E-state index in [4.69, 9.17) is 29.4 Å². The van der Waals surface area contributed by atoms with Crippen molar-refractivity contribution in [3.8, 4) is 11.5 Å². The minimum absolute atomic E-state index is 0.0741. The van der Waals surface area contributed by atoms with E-state index >= 15 is 0 Å². The van der Waals surface area contributed by atoms with Crippen LogP contribution in [0.4, 0.5) is 4.79 Å². The molecule has 2 atom stereocenters. The van der Waals surface area contributed by atoms with E-state index in [-0.39, 0.29) is 44.0 Å². The monoisotopic (exact) mass is 537 g/mol. The summed E-state index contributed by atoms with van der Waals surface area (Å²) in [7, 11) is 0. The van der Waals surface area contributed by atoms with Gasteiger partial charge < -0.3 is 29.4 Å². The summed E-state index contributed by atoms with van der Waals surface area (Å²) in [5, 5.41) is 0. The molecule has 0 radical (unpaired) electrons. The molecule has 0 aromatic heterocycles. The molecule has 10 nitrogen and oxygen atoms in total. The Kier molecular flexibility index (Phi) is 15.0. The zero-order chi connectivity index (χ0) is 28.7. The van der Waals surface area contributed by atoms with Crippen molar-refractivity contribution < 1.29 is 42.9 Å².